The Balaban J connectivity index is 1.44. The van der Waals surface area contributed by atoms with Crippen LogP contribution in [0.25, 0.3) is 0 Å². The molecule has 0 spiro atoms. The smallest absolute Gasteiger partial charge is 0.242 e. The van der Waals surface area contributed by atoms with Crippen LogP contribution in [0.5, 0.6) is 5.75 Å². The number of hydrogen-bond donors (Lipinski definition) is 2. The highest BCUT2D eigenvalue weighted by Gasteiger charge is 2.20. The number of nitrogens with one attached hydrogen (secondary N) is 2. The summed E-state index contributed by atoms with van der Waals surface area (Å²) in [4.78, 5) is 12.8. The summed E-state index contributed by atoms with van der Waals surface area (Å²) in [6.45, 7) is 4.09. The van der Waals surface area contributed by atoms with Crippen LogP contribution >= 0.6 is 0 Å². The molecule has 3 rings (SSSR count). The van der Waals surface area contributed by atoms with Crippen molar-refractivity contribution in [3.63, 3.8) is 0 Å². The Bertz CT molecular complexity index is 927. The Labute approximate surface area is 177 Å². The van der Waals surface area contributed by atoms with Crippen LogP contribution in [0.3, 0.4) is 0 Å². The molecule has 30 heavy (non-hydrogen) atoms. The number of hydrogen-bond acceptors (Lipinski definition) is 6. The molecule has 0 radical (unpaired) electrons. The van der Waals surface area contributed by atoms with E-state index in [1.807, 2.05) is 12.1 Å². The highest BCUT2D eigenvalue weighted by Crippen LogP contribution is 2.20. The van der Waals surface area contributed by atoms with Gasteiger partial charge >= 0.3 is 0 Å². The summed E-state index contributed by atoms with van der Waals surface area (Å²) in [5, 5.41) is 3.23. The average molecular weight is 433 g/mol. The number of anilines is 1. The molecule has 1 aliphatic heterocycles. The third-order valence-electron chi connectivity index (χ3n) is 4.87. The molecule has 0 atom stereocenters. The van der Waals surface area contributed by atoms with E-state index in [2.05, 4.69) is 41.9 Å². The van der Waals surface area contributed by atoms with Crippen molar-refractivity contribution >= 4 is 21.7 Å². The number of aromatic nitrogens is 1. The SMILES string of the molecule is CN=C(NCCNS(=O)(=O)c1cccnc1)N1CCN(c2ccc(OC)cc2)CC1. The van der Waals surface area contributed by atoms with Gasteiger partial charge in [0.05, 0.1) is 7.11 Å². The summed E-state index contributed by atoms with van der Waals surface area (Å²) < 4.78 is 32.2. The number of piperazine rings is 1. The van der Waals surface area contributed by atoms with Gasteiger partial charge in [0.2, 0.25) is 10.0 Å². The summed E-state index contributed by atoms with van der Waals surface area (Å²) >= 11 is 0. The maximum absolute atomic E-state index is 12.2. The van der Waals surface area contributed by atoms with Crippen molar-refractivity contribution in [1.29, 1.82) is 0 Å². The third-order valence-corrected chi connectivity index (χ3v) is 6.32. The van der Waals surface area contributed by atoms with E-state index >= 15 is 0 Å². The van der Waals surface area contributed by atoms with Crippen LogP contribution in [0.1, 0.15) is 0 Å². The van der Waals surface area contributed by atoms with Crippen molar-refractivity contribution in [2.75, 3.05) is 58.3 Å². The van der Waals surface area contributed by atoms with Crippen LogP contribution < -0.4 is 19.7 Å². The fraction of sp³-hybridized carbons (Fsp3) is 0.400. The lowest BCUT2D eigenvalue weighted by Gasteiger charge is -2.37. The second-order valence-electron chi connectivity index (χ2n) is 6.73. The van der Waals surface area contributed by atoms with E-state index in [0.717, 1.165) is 37.9 Å². The average Bonchev–Trinajstić information content (AvgIpc) is 2.80. The van der Waals surface area contributed by atoms with Gasteiger partial charge in [0, 0.05) is 64.4 Å². The van der Waals surface area contributed by atoms with Crippen molar-refractivity contribution in [2.24, 2.45) is 4.99 Å². The van der Waals surface area contributed by atoms with Gasteiger partial charge in [0.15, 0.2) is 5.96 Å². The van der Waals surface area contributed by atoms with E-state index in [0.29, 0.717) is 6.54 Å². The van der Waals surface area contributed by atoms with E-state index in [9.17, 15) is 8.42 Å². The first-order chi connectivity index (χ1) is 14.5. The minimum atomic E-state index is -3.55. The maximum Gasteiger partial charge on any atom is 0.242 e. The Morgan fingerprint density at radius 3 is 2.47 bits per heavy atom. The van der Waals surface area contributed by atoms with Gasteiger partial charge in [-0.1, -0.05) is 0 Å². The second-order valence-corrected chi connectivity index (χ2v) is 8.50. The Hall–Kier alpha value is -2.85. The lowest BCUT2D eigenvalue weighted by Crippen LogP contribution is -2.53. The van der Waals surface area contributed by atoms with E-state index in [-0.39, 0.29) is 11.4 Å². The molecule has 0 unspecified atom stereocenters. The lowest BCUT2D eigenvalue weighted by atomic mass is 10.2. The summed E-state index contributed by atoms with van der Waals surface area (Å²) in [5.41, 5.74) is 1.17. The molecule has 0 saturated carbocycles. The lowest BCUT2D eigenvalue weighted by molar-refractivity contribution is 0.373. The molecule has 9 nitrogen and oxygen atoms in total. The molecule has 1 aliphatic rings. The van der Waals surface area contributed by atoms with Crippen LogP contribution in [-0.4, -0.2) is 77.7 Å². The Kier molecular flexibility index (Phi) is 7.47. The third kappa shape index (κ3) is 5.61. The van der Waals surface area contributed by atoms with Gasteiger partial charge in [-0.15, -0.1) is 0 Å². The van der Waals surface area contributed by atoms with Crippen LogP contribution in [0.15, 0.2) is 58.7 Å². The molecule has 0 amide bonds. The predicted octanol–water partition coefficient (Wildman–Crippen LogP) is 0.766. The minimum Gasteiger partial charge on any atom is -0.497 e. The van der Waals surface area contributed by atoms with E-state index in [1.165, 1.54) is 18.0 Å². The molecule has 1 saturated heterocycles. The first-order valence-corrected chi connectivity index (χ1v) is 11.3. The topological polar surface area (TPSA) is 99.2 Å². The molecule has 0 bridgehead atoms. The number of methoxy groups -OCH3 is 1. The monoisotopic (exact) mass is 432 g/mol. The van der Waals surface area contributed by atoms with Gasteiger partial charge in [0.25, 0.3) is 0 Å². The zero-order valence-corrected chi connectivity index (χ0v) is 18.1. The Morgan fingerprint density at radius 1 is 1.13 bits per heavy atom. The number of benzene rings is 1. The molecular formula is C20H28N6O3S. The zero-order chi connectivity index (χ0) is 21.4. The quantitative estimate of drug-likeness (QED) is 0.379. The number of aliphatic imine (C=N–C) groups is 1. The molecular weight excluding hydrogens is 404 g/mol. The molecule has 162 valence electrons. The number of rotatable bonds is 7. The van der Waals surface area contributed by atoms with Crippen LogP contribution in [-0.2, 0) is 10.0 Å². The van der Waals surface area contributed by atoms with Crippen LogP contribution in [0, 0.1) is 0 Å². The summed E-state index contributed by atoms with van der Waals surface area (Å²) in [7, 11) is -0.157. The van der Waals surface area contributed by atoms with Crippen molar-refractivity contribution in [3.05, 3.63) is 48.8 Å². The van der Waals surface area contributed by atoms with Gasteiger partial charge in [-0.3, -0.25) is 9.98 Å². The van der Waals surface area contributed by atoms with E-state index in [4.69, 9.17) is 4.74 Å². The standard InChI is InChI=1S/C20H28N6O3S/c1-21-20(23-10-11-24-30(27,28)19-4-3-9-22-16-19)26-14-12-25(13-15-26)17-5-7-18(29-2)8-6-17/h3-9,16,24H,10-15H2,1-2H3,(H,21,23). The van der Waals surface area contributed by atoms with Crippen LogP contribution in [0.4, 0.5) is 5.69 Å². The molecule has 0 aliphatic carbocycles. The molecule has 2 N–H and O–H groups in total. The Morgan fingerprint density at radius 2 is 1.87 bits per heavy atom. The van der Waals surface area contributed by atoms with Crippen molar-refractivity contribution in [3.8, 4) is 5.75 Å². The highest BCUT2D eigenvalue weighted by atomic mass is 32.2. The van der Waals surface area contributed by atoms with Gasteiger partial charge in [0.1, 0.15) is 10.6 Å². The largest absolute Gasteiger partial charge is 0.497 e. The molecule has 2 heterocycles. The number of sulfonamides is 1. The van der Waals surface area contributed by atoms with Crippen molar-refractivity contribution in [1.82, 2.24) is 19.9 Å². The summed E-state index contributed by atoms with van der Waals surface area (Å²) in [6.07, 6.45) is 2.87. The summed E-state index contributed by atoms with van der Waals surface area (Å²) in [5.74, 6) is 1.62. The van der Waals surface area contributed by atoms with Crippen LogP contribution in [0.2, 0.25) is 0 Å². The van der Waals surface area contributed by atoms with Gasteiger partial charge < -0.3 is 19.9 Å². The number of nitrogens with zero attached hydrogens (tertiary/aromatic N) is 4. The zero-order valence-electron chi connectivity index (χ0n) is 17.3. The highest BCUT2D eigenvalue weighted by molar-refractivity contribution is 7.89. The van der Waals surface area contributed by atoms with E-state index in [1.54, 1.807) is 26.4 Å². The van der Waals surface area contributed by atoms with Crippen molar-refractivity contribution < 1.29 is 13.2 Å². The molecule has 1 aromatic heterocycles. The number of pyridine rings is 1. The number of guanidine groups is 1. The van der Waals surface area contributed by atoms with E-state index < -0.39 is 10.0 Å². The first kappa shape index (κ1) is 21.8. The molecule has 2 aromatic rings. The van der Waals surface area contributed by atoms with Crippen molar-refractivity contribution in [2.45, 2.75) is 4.90 Å². The normalized spacial score (nSPS) is 15.2. The first-order valence-electron chi connectivity index (χ1n) is 9.78. The molecule has 1 aromatic carbocycles. The minimum absolute atomic E-state index is 0.157. The van der Waals surface area contributed by atoms with Gasteiger partial charge in [-0.2, -0.15) is 0 Å². The van der Waals surface area contributed by atoms with Gasteiger partial charge in [-0.25, -0.2) is 13.1 Å². The molecule has 10 heteroatoms. The fourth-order valence-corrected chi connectivity index (χ4v) is 4.25. The predicted molar refractivity (Wildman–Crippen MR) is 118 cm³/mol. The maximum atomic E-state index is 12.2. The number of ether oxygens (including phenoxy) is 1. The summed E-state index contributed by atoms with van der Waals surface area (Å²) in [6, 6.07) is 11.2. The fourth-order valence-electron chi connectivity index (χ4n) is 3.25. The molecule has 1 fully saturated rings. The second kappa shape index (κ2) is 10.3. The van der Waals surface area contributed by atoms with Gasteiger partial charge in [-0.05, 0) is 36.4 Å².